The predicted molar refractivity (Wildman–Crippen MR) is 65.5 cm³/mol. The summed E-state index contributed by atoms with van der Waals surface area (Å²) >= 11 is 0. The summed E-state index contributed by atoms with van der Waals surface area (Å²) in [6, 6.07) is 0. The molecule has 1 aliphatic rings. The average molecular weight is 241 g/mol. The molecule has 1 amide bonds. The SMILES string of the molecule is CCNC(=O)CC(C(=O)O)C1CCCC(C)C1. The zero-order valence-electron chi connectivity index (χ0n) is 10.7. The molecule has 0 heterocycles. The number of carboxylic acids is 1. The van der Waals surface area contributed by atoms with E-state index in [0.29, 0.717) is 12.5 Å². The van der Waals surface area contributed by atoms with E-state index in [0.717, 1.165) is 19.3 Å². The minimum Gasteiger partial charge on any atom is -0.481 e. The lowest BCUT2D eigenvalue weighted by Gasteiger charge is -2.30. The third-order valence-corrected chi connectivity index (χ3v) is 3.64. The van der Waals surface area contributed by atoms with Gasteiger partial charge in [-0.2, -0.15) is 0 Å². The van der Waals surface area contributed by atoms with Crippen molar-refractivity contribution in [1.82, 2.24) is 5.32 Å². The topological polar surface area (TPSA) is 66.4 Å². The number of hydrogen-bond donors (Lipinski definition) is 2. The molecule has 0 aliphatic heterocycles. The second-order valence-electron chi connectivity index (χ2n) is 5.13. The highest BCUT2D eigenvalue weighted by molar-refractivity contribution is 5.82. The molecular formula is C13H23NO3. The zero-order chi connectivity index (χ0) is 12.8. The van der Waals surface area contributed by atoms with Crippen molar-refractivity contribution >= 4 is 11.9 Å². The highest BCUT2D eigenvalue weighted by Crippen LogP contribution is 2.35. The molecule has 4 heteroatoms. The molecule has 4 nitrogen and oxygen atoms in total. The van der Waals surface area contributed by atoms with Gasteiger partial charge in [0.2, 0.25) is 5.91 Å². The van der Waals surface area contributed by atoms with Crippen LogP contribution in [0.1, 0.15) is 46.0 Å². The predicted octanol–water partition coefficient (Wildman–Crippen LogP) is 2.04. The number of amides is 1. The van der Waals surface area contributed by atoms with Gasteiger partial charge in [-0.15, -0.1) is 0 Å². The molecule has 1 saturated carbocycles. The normalized spacial score (nSPS) is 26.2. The zero-order valence-corrected chi connectivity index (χ0v) is 10.7. The fourth-order valence-electron chi connectivity index (χ4n) is 2.77. The lowest BCUT2D eigenvalue weighted by Crippen LogP contribution is -2.33. The minimum atomic E-state index is -0.824. The van der Waals surface area contributed by atoms with E-state index in [1.165, 1.54) is 6.42 Å². The second-order valence-corrected chi connectivity index (χ2v) is 5.13. The number of hydrogen-bond acceptors (Lipinski definition) is 2. The number of rotatable bonds is 5. The fraction of sp³-hybridized carbons (Fsp3) is 0.846. The Morgan fingerprint density at radius 2 is 2.12 bits per heavy atom. The number of aliphatic carboxylic acids is 1. The summed E-state index contributed by atoms with van der Waals surface area (Å²) < 4.78 is 0. The van der Waals surface area contributed by atoms with Gasteiger partial charge in [-0.3, -0.25) is 9.59 Å². The van der Waals surface area contributed by atoms with E-state index >= 15 is 0 Å². The van der Waals surface area contributed by atoms with Crippen LogP contribution in [0.3, 0.4) is 0 Å². The van der Waals surface area contributed by atoms with Crippen molar-refractivity contribution in [3.05, 3.63) is 0 Å². The third-order valence-electron chi connectivity index (χ3n) is 3.64. The van der Waals surface area contributed by atoms with Crippen molar-refractivity contribution in [2.24, 2.45) is 17.8 Å². The van der Waals surface area contributed by atoms with Crippen molar-refractivity contribution < 1.29 is 14.7 Å². The van der Waals surface area contributed by atoms with E-state index in [1.807, 2.05) is 6.92 Å². The van der Waals surface area contributed by atoms with E-state index < -0.39 is 11.9 Å². The summed E-state index contributed by atoms with van der Waals surface area (Å²) in [7, 11) is 0. The van der Waals surface area contributed by atoms with Gasteiger partial charge in [0, 0.05) is 13.0 Å². The number of nitrogens with one attached hydrogen (secondary N) is 1. The Labute approximate surface area is 103 Å². The monoisotopic (exact) mass is 241 g/mol. The molecule has 0 aromatic heterocycles. The summed E-state index contributed by atoms with van der Waals surface area (Å²) in [5.74, 6) is -0.721. The molecule has 2 N–H and O–H groups in total. The molecule has 17 heavy (non-hydrogen) atoms. The molecule has 3 atom stereocenters. The standard InChI is InChI=1S/C13H23NO3/c1-3-14-12(15)8-11(13(16)17)10-6-4-5-9(2)7-10/h9-11H,3-8H2,1-2H3,(H,14,15)(H,16,17). The van der Waals surface area contributed by atoms with Crippen molar-refractivity contribution in [2.45, 2.75) is 46.0 Å². The van der Waals surface area contributed by atoms with Crippen LogP contribution in [0.2, 0.25) is 0 Å². The van der Waals surface area contributed by atoms with Crippen LogP contribution >= 0.6 is 0 Å². The van der Waals surface area contributed by atoms with Gasteiger partial charge >= 0.3 is 5.97 Å². The Balaban J connectivity index is 2.58. The van der Waals surface area contributed by atoms with Crippen LogP contribution in [0.4, 0.5) is 0 Å². The highest BCUT2D eigenvalue weighted by atomic mass is 16.4. The van der Waals surface area contributed by atoms with E-state index in [-0.39, 0.29) is 18.2 Å². The minimum absolute atomic E-state index is 0.126. The molecule has 0 spiro atoms. The second kappa shape index (κ2) is 6.62. The average Bonchev–Trinajstić information content (AvgIpc) is 2.26. The van der Waals surface area contributed by atoms with Crippen LogP contribution < -0.4 is 5.32 Å². The maximum Gasteiger partial charge on any atom is 0.307 e. The molecule has 0 bridgehead atoms. The highest BCUT2D eigenvalue weighted by Gasteiger charge is 2.32. The molecular weight excluding hydrogens is 218 g/mol. The van der Waals surface area contributed by atoms with Crippen molar-refractivity contribution in [1.29, 1.82) is 0 Å². The Morgan fingerprint density at radius 1 is 1.41 bits per heavy atom. The van der Waals surface area contributed by atoms with Crippen LogP contribution in [-0.2, 0) is 9.59 Å². The molecule has 98 valence electrons. The quantitative estimate of drug-likeness (QED) is 0.774. The molecule has 1 aliphatic carbocycles. The number of carbonyl (C=O) groups is 2. The van der Waals surface area contributed by atoms with Gasteiger partial charge in [0.15, 0.2) is 0 Å². The molecule has 1 fully saturated rings. The van der Waals surface area contributed by atoms with Crippen molar-refractivity contribution in [3.63, 3.8) is 0 Å². The molecule has 0 radical (unpaired) electrons. The van der Waals surface area contributed by atoms with Crippen LogP contribution in [0, 0.1) is 17.8 Å². The number of carbonyl (C=O) groups excluding carboxylic acids is 1. The van der Waals surface area contributed by atoms with Crippen LogP contribution in [0.15, 0.2) is 0 Å². The van der Waals surface area contributed by atoms with Gasteiger partial charge in [-0.1, -0.05) is 19.8 Å². The van der Waals surface area contributed by atoms with Crippen LogP contribution in [-0.4, -0.2) is 23.5 Å². The largest absolute Gasteiger partial charge is 0.481 e. The lowest BCUT2D eigenvalue weighted by atomic mass is 9.74. The maximum atomic E-state index is 11.5. The molecule has 1 rings (SSSR count). The smallest absolute Gasteiger partial charge is 0.307 e. The Bertz CT molecular complexity index is 278. The summed E-state index contributed by atoms with van der Waals surface area (Å²) in [5, 5.41) is 11.9. The van der Waals surface area contributed by atoms with Crippen molar-refractivity contribution in [3.8, 4) is 0 Å². The summed E-state index contributed by atoms with van der Waals surface area (Å²) in [5.41, 5.74) is 0. The van der Waals surface area contributed by atoms with Gasteiger partial charge in [0.05, 0.1) is 5.92 Å². The Hall–Kier alpha value is -1.06. The van der Waals surface area contributed by atoms with Crippen LogP contribution in [0.25, 0.3) is 0 Å². The van der Waals surface area contributed by atoms with Gasteiger partial charge in [0.1, 0.15) is 0 Å². The van der Waals surface area contributed by atoms with Crippen molar-refractivity contribution in [2.75, 3.05) is 6.54 Å². The van der Waals surface area contributed by atoms with E-state index in [2.05, 4.69) is 12.2 Å². The fourth-order valence-corrected chi connectivity index (χ4v) is 2.77. The van der Waals surface area contributed by atoms with E-state index in [4.69, 9.17) is 0 Å². The van der Waals surface area contributed by atoms with Gasteiger partial charge in [0.25, 0.3) is 0 Å². The van der Waals surface area contributed by atoms with Gasteiger partial charge in [-0.05, 0) is 31.6 Å². The van der Waals surface area contributed by atoms with E-state index in [1.54, 1.807) is 0 Å². The van der Waals surface area contributed by atoms with Gasteiger partial charge < -0.3 is 10.4 Å². The Morgan fingerprint density at radius 3 is 2.65 bits per heavy atom. The maximum absolute atomic E-state index is 11.5. The summed E-state index contributed by atoms with van der Waals surface area (Å²) in [4.78, 5) is 22.8. The summed E-state index contributed by atoms with van der Waals surface area (Å²) in [6.45, 7) is 4.57. The first-order valence-corrected chi connectivity index (χ1v) is 6.54. The molecule has 0 saturated heterocycles. The number of carboxylic acid groups (broad SMARTS) is 1. The van der Waals surface area contributed by atoms with E-state index in [9.17, 15) is 14.7 Å². The first kappa shape index (κ1) is 14.0. The first-order chi connectivity index (χ1) is 8.04. The van der Waals surface area contributed by atoms with Gasteiger partial charge in [-0.25, -0.2) is 0 Å². The summed E-state index contributed by atoms with van der Waals surface area (Å²) in [6.07, 6.45) is 4.28. The molecule has 0 aromatic carbocycles. The van der Waals surface area contributed by atoms with Crippen LogP contribution in [0.5, 0.6) is 0 Å². The molecule has 0 aromatic rings. The Kier molecular flexibility index (Phi) is 5.45. The molecule has 3 unspecified atom stereocenters. The third kappa shape index (κ3) is 4.36. The lowest BCUT2D eigenvalue weighted by molar-refractivity contribution is -0.146. The first-order valence-electron chi connectivity index (χ1n) is 6.54.